The number of rotatable bonds is 21. The Kier molecular flexibility index (Phi) is 17.3. The van der Waals surface area contributed by atoms with Crippen LogP contribution in [0.2, 0.25) is 0 Å². The highest BCUT2D eigenvalue weighted by atomic mass is 31.2. The van der Waals surface area contributed by atoms with E-state index in [9.17, 15) is 9.46 Å². The van der Waals surface area contributed by atoms with Gasteiger partial charge in [0.1, 0.15) is 6.10 Å². The van der Waals surface area contributed by atoms with Gasteiger partial charge in [-0.2, -0.15) is 0 Å². The lowest BCUT2D eigenvalue weighted by Gasteiger charge is -2.15. The number of unbranched alkanes of at least 4 members (excludes halogenated alkanes) is 12. The fourth-order valence-electron chi connectivity index (χ4n) is 3.55. The summed E-state index contributed by atoms with van der Waals surface area (Å²) in [6, 6.07) is 0. The largest absolute Gasteiger partial charge is 0.472 e. The zero-order valence-electron chi connectivity index (χ0n) is 19.3. The van der Waals surface area contributed by atoms with Crippen LogP contribution < -0.4 is 5.32 Å². The number of phosphoric acid groups is 1. The van der Waals surface area contributed by atoms with Gasteiger partial charge in [0.05, 0.1) is 19.8 Å². The first-order chi connectivity index (χ1) is 14.6. The summed E-state index contributed by atoms with van der Waals surface area (Å²) in [5.41, 5.74) is 0. The van der Waals surface area contributed by atoms with E-state index in [0.717, 1.165) is 12.8 Å². The Bertz CT molecular complexity index is 440. The predicted molar refractivity (Wildman–Crippen MR) is 121 cm³/mol. The van der Waals surface area contributed by atoms with E-state index in [1.165, 1.54) is 77.0 Å². The summed E-state index contributed by atoms with van der Waals surface area (Å²) < 4.78 is 32.9. The van der Waals surface area contributed by atoms with E-state index in [2.05, 4.69) is 12.2 Å². The second-order valence-electron chi connectivity index (χ2n) is 8.25. The van der Waals surface area contributed by atoms with Gasteiger partial charge in [-0.05, 0) is 19.9 Å². The average molecular weight is 452 g/mol. The Morgan fingerprint density at radius 1 is 0.933 bits per heavy atom. The molecule has 3 atom stereocenters. The molecule has 0 aromatic carbocycles. The van der Waals surface area contributed by atoms with Gasteiger partial charge in [0.2, 0.25) is 0 Å². The molecule has 1 aliphatic heterocycles. The molecule has 7 nitrogen and oxygen atoms in total. The van der Waals surface area contributed by atoms with Crippen LogP contribution in [0, 0.1) is 0 Å². The fourth-order valence-corrected chi connectivity index (χ4v) is 4.30. The zero-order chi connectivity index (χ0) is 21.9. The second kappa shape index (κ2) is 18.6. The van der Waals surface area contributed by atoms with Crippen molar-refractivity contribution in [1.82, 2.24) is 5.32 Å². The molecule has 0 aromatic rings. The standard InChI is InChI=1S/C22H46NO6P/c1-3-4-5-6-7-8-9-10-11-12-13-14-15-16-22-26-19-21(29-22)20-28-30(24,25)27-18-17-23-2/h21-23H,3-20H2,1-2H3,(H,24,25). The zero-order valence-corrected chi connectivity index (χ0v) is 20.2. The van der Waals surface area contributed by atoms with Crippen LogP contribution in [0.1, 0.15) is 96.8 Å². The average Bonchev–Trinajstić information content (AvgIpc) is 3.18. The SMILES string of the molecule is CCCCCCCCCCCCCCCC1OCC(COP(=O)(O)OCCNC)O1. The maximum Gasteiger partial charge on any atom is 0.472 e. The number of phosphoric ester groups is 1. The number of nitrogens with one attached hydrogen (secondary N) is 1. The van der Waals surface area contributed by atoms with Crippen molar-refractivity contribution in [1.29, 1.82) is 0 Å². The maximum atomic E-state index is 11.7. The molecule has 30 heavy (non-hydrogen) atoms. The van der Waals surface area contributed by atoms with E-state index in [1.54, 1.807) is 7.05 Å². The third-order valence-corrected chi connectivity index (χ3v) is 6.37. The summed E-state index contributed by atoms with van der Waals surface area (Å²) in [4.78, 5) is 9.59. The lowest BCUT2D eigenvalue weighted by molar-refractivity contribution is -0.0701. The predicted octanol–water partition coefficient (Wildman–Crippen LogP) is 5.56. The van der Waals surface area contributed by atoms with Crippen molar-refractivity contribution in [2.75, 3.05) is 33.4 Å². The van der Waals surface area contributed by atoms with Crippen molar-refractivity contribution in [2.24, 2.45) is 0 Å². The van der Waals surface area contributed by atoms with E-state index in [-0.39, 0.29) is 25.6 Å². The van der Waals surface area contributed by atoms with Gasteiger partial charge in [-0.25, -0.2) is 4.57 Å². The molecule has 8 heteroatoms. The van der Waals surface area contributed by atoms with Crippen molar-refractivity contribution < 1.29 is 28.0 Å². The van der Waals surface area contributed by atoms with Gasteiger partial charge in [-0.3, -0.25) is 9.05 Å². The Labute approximate surface area is 184 Å². The van der Waals surface area contributed by atoms with Crippen molar-refractivity contribution in [3.8, 4) is 0 Å². The normalized spacial score (nSPS) is 21.2. The molecule has 1 heterocycles. The molecule has 180 valence electrons. The molecule has 0 aliphatic carbocycles. The van der Waals surface area contributed by atoms with Crippen LogP contribution in [0.3, 0.4) is 0 Å². The van der Waals surface area contributed by atoms with Gasteiger partial charge in [0.25, 0.3) is 0 Å². The van der Waals surface area contributed by atoms with Crippen LogP contribution >= 0.6 is 7.82 Å². The van der Waals surface area contributed by atoms with Crippen LogP contribution in [-0.2, 0) is 23.1 Å². The smallest absolute Gasteiger partial charge is 0.350 e. The summed E-state index contributed by atoms with van der Waals surface area (Å²) in [6.45, 7) is 3.26. The first-order valence-corrected chi connectivity index (χ1v) is 13.6. The molecule has 1 rings (SSSR count). The van der Waals surface area contributed by atoms with E-state index >= 15 is 0 Å². The Morgan fingerprint density at radius 2 is 1.50 bits per heavy atom. The van der Waals surface area contributed by atoms with Crippen LogP contribution in [-0.4, -0.2) is 50.7 Å². The van der Waals surface area contributed by atoms with Gasteiger partial charge in [0, 0.05) is 6.54 Å². The highest BCUT2D eigenvalue weighted by Gasteiger charge is 2.29. The number of hydrogen-bond donors (Lipinski definition) is 2. The molecule has 0 amide bonds. The maximum absolute atomic E-state index is 11.7. The number of ether oxygens (including phenoxy) is 2. The minimum Gasteiger partial charge on any atom is -0.350 e. The second-order valence-corrected chi connectivity index (χ2v) is 9.71. The molecule has 2 N–H and O–H groups in total. The van der Waals surface area contributed by atoms with Crippen molar-refractivity contribution >= 4 is 7.82 Å². The summed E-state index contributed by atoms with van der Waals surface area (Å²) >= 11 is 0. The highest BCUT2D eigenvalue weighted by Crippen LogP contribution is 2.43. The van der Waals surface area contributed by atoms with Crippen molar-refractivity contribution in [3.05, 3.63) is 0 Å². The third kappa shape index (κ3) is 15.7. The van der Waals surface area contributed by atoms with Gasteiger partial charge in [-0.15, -0.1) is 0 Å². The van der Waals surface area contributed by atoms with Crippen molar-refractivity contribution in [2.45, 2.75) is 109 Å². The van der Waals surface area contributed by atoms with E-state index in [0.29, 0.717) is 13.2 Å². The lowest BCUT2D eigenvalue weighted by Crippen LogP contribution is -2.19. The molecule has 1 fully saturated rings. The van der Waals surface area contributed by atoms with Crippen LogP contribution in [0.5, 0.6) is 0 Å². The van der Waals surface area contributed by atoms with Gasteiger partial charge in [-0.1, -0.05) is 84.0 Å². The Balaban J connectivity index is 1.89. The van der Waals surface area contributed by atoms with Crippen molar-refractivity contribution in [3.63, 3.8) is 0 Å². The minimum absolute atomic E-state index is 0.00242. The molecule has 0 aromatic heterocycles. The molecule has 1 saturated heterocycles. The lowest BCUT2D eigenvalue weighted by atomic mass is 10.0. The van der Waals surface area contributed by atoms with E-state index in [1.807, 2.05) is 0 Å². The summed E-state index contributed by atoms with van der Waals surface area (Å²) in [5, 5.41) is 2.84. The monoisotopic (exact) mass is 451 g/mol. The van der Waals surface area contributed by atoms with Gasteiger partial charge in [0.15, 0.2) is 6.29 Å². The molecular weight excluding hydrogens is 405 g/mol. The molecule has 3 unspecified atom stereocenters. The first-order valence-electron chi connectivity index (χ1n) is 12.1. The Morgan fingerprint density at radius 3 is 2.07 bits per heavy atom. The van der Waals surface area contributed by atoms with E-state index < -0.39 is 7.82 Å². The molecule has 0 radical (unpaired) electrons. The van der Waals surface area contributed by atoms with Crippen LogP contribution in [0.15, 0.2) is 0 Å². The molecule has 0 bridgehead atoms. The fraction of sp³-hybridized carbons (Fsp3) is 1.00. The minimum atomic E-state index is -4.02. The molecule has 1 aliphatic rings. The highest BCUT2D eigenvalue weighted by molar-refractivity contribution is 7.47. The number of hydrogen-bond acceptors (Lipinski definition) is 6. The number of likely N-dealkylation sites (N-methyl/N-ethyl adjacent to an activating group) is 1. The molecular formula is C22H46NO6P. The van der Waals surface area contributed by atoms with Gasteiger partial charge < -0.3 is 19.7 Å². The van der Waals surface area contributed by atoms with Gasteiger partial charge >= 0.3 is 7.82 Å². The summed E-state index contributed by atoms with van der Waals surface area (Å²) in [7, 11) is -2.28. The van der Waals surface area contributed by atoms with Crippen LogP contribution in [0.4, 0.5) is 0 Å². The van der Waals surface area contributed by atoms with Crippen LogP contribution in [0.25, 0.3) is 0 Å². The summed E-state index contributed by atoms with van der Waals surface area (Å²) in [5.74, 6) is 0. The Hall–Kier alpha value is -0.0100. The van der Waals surface area contributed by atoms with E-state index in [4.69, 9.17) is 18.5 Å². The first kappa shape index (κ1) is 28.0. The molecule has 0 saturated carbocycles. The third-order valence-electron chi connectivity index (χ3n) is 5.39. The summed E-state index contributed by atoms with van der Waals surface area (Å²) in [6.07, 6.45) is 17.7. The topological polar surface area (TPSA) is 86.3 Å². The molecule has 0 spiro atoms. The quantitative estimate of drug-likeness (QED) is 0.174.